The first-order valence-electron chi connectivity index (χ1n) is 5.27. The van der Waals surface area contributed by atoms with E-state index >= 15 is 0 Å². The average molecular weight is 241 g/mol. The highest BCUT2D eigenvalue weighted by molar-refractivity contribution is 7.91. The van der Waals surface area contributed by atoms with Crippen molar-refractivity contribution in [2.45, 2.75) is 37.8 Å². The van der Waals surface area contributed by atoms with E-state index in [1.54, 1.807) is 20.8 Å². The molecule has 0 fully saturated rings. The van der Waals surface area contributed by atoms with E-state index in [0.29, 0.717) is 6.54 Å². The molecule has 3 nitrogen and oxygen atoms in total. The normalized spacial score (nSPS) is 12.8. The van der Waals surface area contributed by atoms with Gasteiger partial charge in [0.25, 0.3) is 0 Å². The zero-order valence-electron chi connectivity index (χ0n) is 10.0. The van der Waals surface area contributed by atoms with Crippen molar-refractivity contribution in [1.29, 1.82) is 0 Å². The number of hydrogen-bond donors (Lipinski definition) is 1. The third-order valence-electron chi connectivity index (χ3n) is 2.62. The quantitative estimate of drug-likeness (QED) is 0.878. The van der Waals surface area contributed by atoms with E-state index in [4.69, 9.17) is 5.73 Å². The van der Waals surface area contributed by atoms with Gasteiger partial charge in [-0.2, -0.15) is 0 Å². The van der Waals surface area contributed by atoms with Crippen LogP contribution in [0.1, 0.15) is 31.9 Å². The Labute approximate surface area is 97.6 Å². The molecule has 0 spiro atoms. The lowest BCUT2D eigenvalue weighted by molar-refractivity contribution is 0.559. The van der Waals surface area contributed by atoms with E-state index in [1.807, 2.05) is 24.3 Å². The van der Waals surface area contributed by atoms with Crippen LogP contribution >= 0.6 is 0 Å². The van der Waals surface area contributed by atoms with Crippen molar-refractivity contribution in [3.8, 4) is 0 Å². The van der Waals surface area contributed by atoms with Crippen molar-refractivity contribution in [3.63, 3.8) is 0 Å². The van der Waals surface area contributed by atoms with Crippen LogP contribution < -0.4 is 5.73 Å². The lowest BCUT2D eigenvalue weighted by Crippen LogP contribution is -2.29. The highest BCUT2D eigenvalue weighted by Gasteiger charge is 2.29. The molecule has 0 aliphatic rings. The average Bonchev–Trinajstić information content (AvgIpc) is 2.16. The molecule has 0 amide bonds. The Balaban J connectivity index is 3.06. The van der Waals surface area contributed by atoms with Gasteiger partial charge in [0.2, 0.25) is 0 Å². The number of benzene rings is 1. The molecule has 2 N–H and O–H groups in total. The van der Waals surface area contributed by atoms with Crippen LogP contribution in [0.4, 0.5) is 0 Å². The van der Waals surface area contributed by atoms with Crippen molar-refractivity contribution in [2.75, 3.05) is 0 Å². The lowest BCUT2D eigenvalue weighted by Gasteiger charge is -2.20. The summed E-state index contributed by atoms with van der Waals surface area (Å²) in [5.41, 5.74) is 7.29. The van der Waals surface area contributed by atoms with E-state index in [9.17, 15) is 8.42 Å². The Morgan fingerprint density at radius 3 is 2.06 bits per heavy atom. The highest BCUT2D eigenvalue weighted by atomic mass is 32.2. The summed E-state index contributed by atoms with van der Waals surface area (Å²) in [7, 11) is -3.14. The molecule has 0 radical (unpaired) electrons. The Bertz CT molecular complexity index is 458. The highest BCUT2D eigenvalue weighted by Crippen LogP contribution is 2.22. The smallest absolute Gasteiger partial charge is 0.159 e. The van der Waals surface area contributed by atoms with Gasteiger partial charge in [0.1, 0.15) is 0 Å². The fourth-order valence-corrected chi connectivity index (χ4v) is 2.44. The van der Waals surface area contributed by atoms with Gasteiger partial charge in [0.05, 0.1) is 10.5 Å². The third-order valence-corrected chi connectivity index (χ3v) is 5.17. The van der Waals surface area contributed by atoms with Crippen LogP contribution in [0.25, 0.3) is 0 Å². The first kappa shape index (κ1) is 13.2. The third kappa shape index (κ3) is 2.83. The monoisotopic (exact) mass is 241 g/mol. The maximum Gasteiger partial charge on any atom is 0.159 e. The zero-order valence-corrected chi connectivity index (χ0v) is 10.8. The molecule has 0 aliphatic heterocycles. The van der Waals surface area contributed by atoms with Crippen molar-refractivity contribution in [3.05, 3.63) is 35.4 Å². The summed E-state index contributed by atoms with van der Waals surface area (Å²) in [6, 6.07) is 7.40. The van der Waals surface area contributed by atoms with Crippen LogP contribution in [0.5, 0.6) is 0 Å². The first-order valence-corrected chi connectivity index (χ1v) is 6.92. The van der Waals surface area contributed by atoms with E-state index in [2.05, 4.69) is 0 Å². The van der Waals surface area contributed by atoms with E-state index in [-0.39, 0.29) is 5.75 Å². The molecule has 90 valence electrons. The van der Waals surface area contributed by atoms with Crippen molar-refractivity contribution in [2.24, 2.45) is 5.73 Å². The molecule has 4 heteroatoms. The maximum atomic E-state index is 12.0. The molecule has 1 aromatic carbocycles. The van der Waals surface area contributed by atoms with Crippen LogP contribution in [0.15, 0.2) is 24.3 Å². The van der Waals surface area contributed by atoms with Gasteiger partial charge in [-0.15, -0.1) is 0 Å². The fraction of sp³-hybridized carbons (Fsp3) is 0.500. The standard InChI is InChI=1S/C12H19NO2S/c1-12(2,3)16(14,15)9-11-7-5-4-6-10(11)8-13/h4-7H,8-9,13H2,1-3H3. The van der Waals surface area contributed by atoms with E-state index < -0.39 is 14.6 Å². The van der Waals surface area contributed by atoms with E-state index in [1.165, 1.54) is 0 Å². The molecule has 0 bridgehead atoms. The second-order valence-electron chi connectivity index (χ2n) is 4.84. The van der Waals surface area contributed by atoms with Crippen molar-refractivity contribution >= 4 is 9.84 Å². The molecule has 0 unspecified atom stereocenters. The van der Waals surface area contributed by atoms with Gasteiger partial charge in [-0.3, -0.25) is 0 Å². The molecular weight excluding hydrogens is 222 g/mol. The molecule has 0 saturated carbocycles. The Morgan fingerprint density at radius 2 is 1.62 bits per heavy atom. The van der Waals surface area contributed by atoms with Gasteiger partial charge >= 0.3 is 0 Å². The van der Waals surface area contributed by atoms with E-state index in [0.717, 1.165) is 11.1 Å². The largest absolute Gasteiger partial charge is 0.326 e. The minimum absolute atomic E-state index is 0.0594. The number of nitrogens with two attached hydrogens (primary N) is 1. The molecule has 0 aliphatic carbocycles. The fourth-order valence-electron chi connectivity index (χ4n) is 1.32. The maximum absolute atomic E-state index is 12.0. The van der Waals surface area contributed by atoms with Crippen molar-refractivity contribution < 1.29 is 8.42 Å². The topological polar surface area (TPSA) is 60.2 Å². The Kier molecular flexibility index (Phi) is 3.76. The summed E-state index contributed by atoms with van der Waals surface area (Å²) in [6.07, 6.45) is 0. The van der Waals surface area contributed by atoms with Crippen LogP contribution in [-0.4, -0.2) is 13.2 Å². The summed E-state index contributed by atoms with van der Waals surface area (Å²) in [4.78, 5) is 0. The minimum Gasteiger partial charge on any atom is -0.326 e. The molecule has 1 aromatic rings. The van der Waals surface area contributed by atoms with Gasteiger partial charge in [0.15, 0.2) is 9.84 Å². The predicted molar refractivity (Wildman–Crippen MR) is 66.7 cm³/mol. The van der Waals surface area contributed by atoms with Gasteiger partial charge < -0.3 is 5.73 Å². The summed E-state index contributed by atoms with van der Waals surface area (Å²) in [5, 5.41) is 0. The van der Waals surface area contributed by atoms with Crippen molar-refractivity contribution in [1.82, 2.24) is 0 Å². The second-order valence-corrected chi connectivity index (χ2v) is 7.59. The summed E-state index contributed by atoms with van der Waals surface area (Å²) in [6.45, 7) is 5.52. The van der Waals surface area contributed by atoms with Crippen LogP contribution in [0, 0.1) is 0 Å². The summed E-state index contributed by atoms with van der Waals surface area (Å²) >= 11 is 0. The number of hydrogen-bond acceptors (Lipinski definition) is 3. The molecular formula is C12H19NO2S. The van der Waals surface area contributed by atoms with Crippen LogP contribution in [-0.2, 0) is 22.1 Å². The number of sulfone groups is 1. The minimum atomic E-state index is -3.14. The molecule has 16 heavy (non-hydrogen) atoms. The van der Waals surface area contributed by atoms with Crippen LogP contribution in [0.2, 0.25) is 0 Å². The SMILES string of the molecule is CC(C)(C)S(=O)(=O)Cc1ccccc1CN. The molecule has 0 saturated heterocycles. The van der Waals surface area contributed by atoms with Gasteiger partial charge in [-0.05, 0) is 31.9 Å². The molecule has 0 aromatic heterocycles. The van der Waals surface area contributed by atoms with Crippen LogP contribution in [0.3, 0.4) is 0 Å². The molecule has 0 heterocycles. The first-order chi connectivity index (χ1) is 7.28. The second kappa shape index (κ2) is 4.55. The molecule has 1 rings (SSSR count). The molecule has 0 atom stereocenters. The lowest BCUT2D eigenvalue weighted by atomic mass is 10.1. The van der Waals surface area contributed by atoms with Gasteiger partial charge in [-0.25, -0.2) is 8.42 Å². The Morgan fingerprint density at radius 1 is 1.12 bits per heavy atom. The van der Waals surface area contributed by atoms with Gasteiger partial charge in [-0.1, -0.05) is 24.3 Å². The zero-order chi connectivity index (χ0) is 12.4. The summed E-state index contributed by atoms with van der Waals surface area (Å²) in [5.74, 6) is 0.0594. The Hall–Kier alpha value is -0.870. The number of rotatable bonds is 3. The van der Waals surface area contributed by atoms with Gasteiger partial charge in [0, 0.05) is 6.54 Å². The predicted octanol–water partition coefficient (Wildman–Crippen LogP) is 1.86. The summed E-state index contributed by atoms with van der Waals surface area (Å²) < 4.78 is 23.4.